The van der Waals surface area contributed by atoms with E-state index in [1.54, 1.807) is 19.4 Å². The zero-order valence-corrected chi connectivity index (χ0v) is 21.1. The van der Waals surface area contributed by atoms with Crippen LogP contribution in [-0.2, 0) is 9.59 Å². The van der Waals surface area contributed by atoms with E-state index in [4.69, 9.17) is 4.74 Å². The number of carbonyl (C=O) groups is 2. The van der Waals surface area contributed by atoms with Gasteiger partial charge in [-0.3, -0.25) is 9.59 Å². The number of allylic oxidation sites excluding steroid dienone is 2. The van der Waals surface area contributed by atoms with Crippen molar-refractivity contribution in [2.75, 3.05) is 31.4 Å². The van der Waals surface area contributed by atoms with Gasteiger partial charge in [-0.1, -0.05) is 6.92 Å². The van der Waals surface area contributed by atoms with Crippen molar-refractivity contribution in [2.24, 2.45) is 0 Å². The topological polar surface area (TPSA) is 58.6 Å². The molecule has 1 aliphatic heterocycles. The number of unbranched alkanes of at least 4 members (excludes halogenated alkanes) is 1. The molecule has 0 spiro atoms. The SMILES string of the molecule is CCNC(=O)CCCCN1c2cc(OC)c(/C(C)=C\C=O)cc2C(C)CC1(C)C.CS. The molecule has 0 aliphatic carbocycles. The lowest BCUT2D eigenvalue weighted by atomic mass is 9.79. The molecule has 5 nitrogen and oxygen atoms in total. The summed E-state index contributed by atoms with van der Waals surface area (Å²) in [5.74, 6) is 1.33. The van der Waals surface area contributed by atoms with Crippen LogP contribution in [0.2, 0.25) is 0 Å². The summed E-state index contributed by atoms with van der Waals surface area (Å²) in [6.07, 6.45) is 7.56. The summed E-state index contributed by atoms with van der Waals surface area (Å²) in [5.41, 5.74) is 4.40. The van der Waals surface area contributed by atoms with Crippen molar-refractivity contribution < 1.29 is 14.3 Å². The maximum Gasteiger partial charge on any atom is 0.219 e. The Bertz CT molecular complexity index is 774. The molecular formula is C25H40N2O3S. The maximum atomic E-state index is 11.7. The fraction of sp³-hybridized carbons (Fsp3) is 0.600. The van der Waals surface area contributed by atoms with Crippen LogP contribution in [0.1, 0.15) is 77.3 Å². The number of ether oxygens (including phenoxy) is 1. The second-order valence-electron chi connectivity index (χ2n) is 8.58. The first-order chi connectivity index (χ1) is 14.7. The molecule has 1 amide bonds. The number of fused-ring (bicyclic) bond motifs is 1. The van der Waals surface area contributed by atoms with E-state index in [9.17, 15) is 9.59 Å². The van der Waals surface area contributed by atoms with E-state index in [2.05, 4.69) is 55.7 Å². The van der Waals surface area contributed by atoms with Gasteiger partial charge in [-0.2, -0.15) is 12.6 Å². The highest BCUT2D eigenvalue weighted by Gasteiger charge is 2.36. The molecule has 1 unspecified atom stereocenters. The highest BCUT2D eigenvalue weighted by Crippen LogP contribution is 2.46. The van der Waals surface area contributed by atoms with Crippen molar-refractivity contribution in [3.8, 4) is 5.75 Å². The molecule has 0 fully saturated rings. The average Bonchev–Trinajstić information content (AvgIpc) is 2.73. The maximum absolute atomic E-state index is 11.7. The third-order valence-electron chi connectivity index (χ3n) is 5.86. The standard InChI is InChI=1S/C24H36N2O3.CH4S/c1-7-25-23(28)10-8-9-12-26-21-15-22(29-6)20(17(2)11-13-27)14-19(21)18(3)16-24(26,4)5;1-2/h11,13-15,18H,7-10,12,16H2,1-6H3,(H,25,28);2H,1H3/b17-11-;. The van der Waals surface area contributed by atoms with E-state index in [1.807, 2.05) is 13.8 Å². The molecule has 31 heavy (non-hydrogen) atoms. The molecule has 0 aromatic heterocycles. The number of anilines is 1. The van der Waals surface area contributed by atoms with Crippen LogP contribution in [-0.4, -0.2) is 44.2 Å². The molecule has 1 atom stereocenters. The third kappa shape index (κ3) is 7.03. The molecule has 2 rings (SSSR count). The van der Waals surface area contributed by atoms with Gasteiger partial charge in [0.25, 0.3) is 0 Å². The Balaban J connectivity index is 0.00000233. The Hall–Kier alpha value is -1.95. The van der Waals surface area contributed by atoms with Gasteiger partial charge in [-0.15, -0.1) is 0 Å². The summed E-state index contributed by atoms with van der Waals surface area (Å²) in [4.78, 5) is 25.2. The van der Waals surface area contributed by atoms with E-state index < -0.39 is 0 Å². The number of rotatable bonds is 9. The van der Waals surface area contributed by atoms with Crippen LogP contribution in [0.15, 0.2) is 18.2 Å². The molecule has 1 aliphatic rings. The number of amides is 1. The van der Waals surface area contributed by atoms with Gasteiger partial charge in [0.05, 0.1) is 7.11 Å². The first kappa shape index (κ1) is 27.1. The molecule has 174 valence electrons. The lowest BCUT2D eigenvalue weighted by Crippen LogP contribution is -2.48. The van der Waals surface area contributed by atoms with Gasteiger partial charge in [0.15, 0.2) is 0 Å². The summed E-state index contributed by atoms with van der Waals surface area (Å²) < 4.78 is 5.68. The van der Waals surface area contributed by atoms with Crippen LogP contribution in [0, 0.1) is 0 Å². The van der Waals surface area contributed by atoms with Crippen LogP contribution in [0.25, 0.3) is 5.57 Å². The van der Waals surface area contributed by atoms with Crippen molar-refractivity contribution in [1.82, 2.24) is 5.32 Å². The Kier molecular flexibility index (Phi) is 11.2. The van der Waals surface area contributed by atoms with E-state index in [0.29, 0.717) is 18.9 Å². The minimum Gasteiger partial charge on any atom is -0.496 e. The van der Waals surface area contributed by atoms with E-state index in [0.717, 1.165) is 49.0 Å². The Labute approximate surface area is 194 Å². The number of nitrogens with zero attached hydrogens (tertiary/aromatic N) is 1. The van der Waals surface area contributed by atoms with Crippen LogP contribution >= 0.6 is 12.6 Å². The van der Waals surface area contributed by atoms with E-state index in [-0.39, 0.29) is 11.4 Å². The molecule has 0 bridgehead atoms. The van der Waals surface area contributed by atoms with Gasteiger partial charge in [0.1, 0.15) is 12.0 Å². The summed E-state index contributed by atoms with van der Waals surface area (Å²) in [5, 5.41) is 2.86. The lowest BCUT2D eigenvalue weighted by molar-refractivity contribution is -0.121. The second-order valence-corrected chi connectivity index (χ2v) is 8.58. The summed E-state index contributed by atoms with van der Waals surface area (Å²) >= 11 is 3.53. The summed E-state index contributed by atoms with van der Waals surface area (Å²) in [6.45, 7) is 12.3. The predicted molar refractivity (Wildman–Crippen MR) is 135 cm³/mol. The predicted octanol–water partition coefficient (Wildman–Crippen LogP) is 5.24. The Morgan fingerprint density at radius 2 is 2.00 bits per heavy atom. The third-order valence-corrected chi connectivity index (χ3v) is 5.86. The van der Waals surface area contributed by atoms with Gasteiger partial charge >= 0.3 is 0 Å². The molecular weight excluding hydrogens is 408 g/mol. The van der Waals surface area contributed by atoms with Crippen LogP contribution in [0.3, 0.4) is 0 Å². The zero-order valence-electron chi connectivity index (χ0n) is 20.2. The normalized spacial score (nSPS) is 17.2. The molecule has 1 aromatic carbocycles. The number of aldehydes is 1. The van der Waals surface area contributed by atoms with Crippen molar-refractivity contribution in [3.63, 3.8) is 0 Å². The van der Waals surface area contributed by atoms with Gasteiger partial charge in [-0.25, -0.2) is 0 Å². The number of methoxy groups -OCH3 is 1. The zero-order chi connectivity index (χ0) is 23.6. The quantitative estimate of drug-likeness (QED) is 0.235. The van der Waals surface area contributed by atoms with Crippen molar-refractivity contribution in [2.45, 2.75) is 71.8 Å². The van der Waals surface area contributed by atoms with Gasteiger partial charge in [-0.05, 0) is 82.4 Å². The van der Waals surface area contributed by atoms with E-state index >= 15 is 0 Å². The summed E-state index contributed by atoms with van der Waals surface area (Å²) in [7, 11) is 1.67. The first-order valence-electron chi connectivity index (χ1n) is 11.1. The number of hydrogen-bond acceptors (Lipinski definition) is 5. The number of thiol groups is 1. The molecule has 0 radical (unpaired) electrons. The van der Waals surface area contributed by atoms with Gasteiger partial charge in [0, 0.05) is 42.4 Å². The van der Waals surface area contributed by atoms with Crippen LogP contribution < -0.4 is 15.0 Å². The largest absolute Gasteiger partial charge is 0.496 e. The molecule has 0 saturated heterocycles. The Morgan fingerprint density at radius 1 is 1.32 bits per heavy atom. The van der Waals surface area contributed by atoms with Crippen LogP contribution in [0.5, 0.6) is 5.75 Å². The fourth-order valence-electron chi connectivity index (χ4n) is 4.44. The number of hydrogen-bond donors (Lipinski definition) is 2. The number of benzene rings is 1. The molecule has 0 saturated carbocycles. The molecule has 6 heteroatoms. The van der Waals surface area contributed by atoms with E-state index in [1.165, 1.54) is 11.3 Å². The average molecular weight is 449 g/mol. The summed E-state index contributed by atoms with van der Waals surface area (Å²) in [6, 6.07) is 4.30. The van der Waals surface area contributed by atoms with Gasteiger partial charge < -0.3 is 15.0 Å². The number of nitrogens with one attached hydrogen (secondary N) is 1. The molecule has 1 N–H and O–H groups in total. The number of carbonyl (C=O) groups excluding carboxylic acids is 2. The minimum atomic E-state index is 0.0261. The Morgan fingerprint density at radius 3 is 2.58 bits per heavy atom. The monoisotopic (exact) mass is 448 g/mol. The van der Waals surface area contributed by atoms with Gasteiger partial charge in [0.2, 0.25) is 5.91 Å². The first-order valence-corrected chi connectivity index (χ1v) is 12.0. The van der Waals surface area contributed by atoms with Crippen LogP contribution in [0.4, 0.5) is 5.69 Å². The fourth-order valence-corrected chi connectivity index (χ4v) is 4.44. The highest BCUT2D eigenvalue weighted by atomic mass is 32.1. The van der Waals surface area contributed by atoms with Crippen molar-refractivity contribution >= 4 is 36.1 Å². The minimum absolute atomic E-state index is 0.0261. The lowest BCUT2D eigenvalue weighted by Gasteiger charge is -2.48. The van der Waals surface area contributed by atoms with Crippen molar-refractivity contribution in [3.05, 3.63) is 29.3 Å². The highest BCUT2D eigenvalue weighted by molar-refractivity contribution is 7.79. The molecule has 1 aromatic rings. The van der Waals surface area contributed by atoms with Crippen molar-refractivity contribution in [1.29, 1.82) is 0 Å². The smallest absolute Gasteiger partial charge is 0.219 e. The second kappa shape index (κ2) is 12.8. The molecule has 1 heterocycles.